The lowest BCUT2D eigenvalue weighted by Gasteiger charge is -1.95. The van der Waals surface area contributed by atoms with E-state index in [-0.39, 0.29) is 0 Å². The minimum absolute atomic E-state index is 1.18. The third-order valence-corrected chi connectivity index (χ3v) is 4.00. The van der Waals surface area contributed by atoms with Crippen molar-refractivity contribution in [3.05, 3.63) is 138 Å². The molecule has 0 nitrogen and oxygen atoms in total. The average Bonchev–Trinajstić information content (AvgIpc) is 2.76. The molecule has 156 valence electrons. The summed E-state index contributed by atoms with van der Waals surface area (Å²) in [5.74, 6) is 0. The molecular formula is C29H33Cl. The number of hydrogen-bond donors (Lipinski definition) is 0. The fourth-order valence-corrected chi connectivity index (χ4v) is 2.32. The summed E-state index contributed by atoms with van der Waals surface area (Å²) in [4.78, 5) is 0. The number of hydrogen-bond acceptors (Lipinski definition) is 0. The van der Waals surface area contributed by atoms with Gasteiger partial charge in [0.2, 0.25) is 0 Å². The second kappa shape index (κ2) is 16.8. The predicted molar refractivity (Wildman–Crippen MR) is 140 cm³/mol. The number of rotatable bonds is 3. The van der Waals surface area contributed by atoms with Gasteiger partial charge in [-0.15, -0.1) is 0 Å². The zero-order valence-electron chi connectivity index (χ0n) is 18.4. The van der Waals surface area contributed by atoms with E-state index in [1.54, 1.807) is 0 Å². The highest BCUT2D eigenvalue weighted by Crippen LogP contribution is 2.07. The van der Waals surface area contributed by atoms with E-state index in [0.29, 0.717) is 0 Å². The molecule has 0 unspecified atom stereocenters. The largest absolute Gasteiger partial charge is 0.0985 e. The highest BCUT2D eigenvalue weighted by Gasteiger charge is 1.87. The molecule has 0 aliphatic rings. The highest BCUT2D eigenvalue weighted by molar-refractivity contribution is 6.25. The van der Waals surface area contributed by atoms with Gasteiger partial charge in [-0.05, 0) is 48.6 Å². The Morgan fingerprint density at radius 2 is 1.17 bits per heavy atom. The van der Waals surface area contributed by atoms with Crippen molar-refractivity contribution in [1.29, 1.82) is 0 Å². The minimum Gasteiger partial charge on any atom is -0.0985 e. The van der Waals surface area contributed by atoms with Crippen molar-refractivity contribution < 1.29 is 0 Å². The Balaban J connectivity index is 0.000000394. The van der Waals surface area contributed by atoms with Crippen molar-refractivity contribution in [2.75, 3.05) is 0 Å². The van der Waals surface area contributed by atoms with Crippen molar-refractivity contribution in [2.24, 2.45) is 0 Å². The molecule has 0 aromatic heterocycles. The van der Waals surface area contributed by atoms with E-state index in [0.717, 1.165) is 0 Å². The van der Waals surface area contributed by atoms with E-state index in [1.807, 2.05) is 42.5 Å². The quantitative estimate of drug-likeness (QED) is 0.399. The molecule has 0 spiro atoms. The van der Waals surface area contributed by atoms with Crippen LogP contribution < -0.4 is 0 Å². The topological polar surface area (TPSA) is 0 Å². The maximum Gasteiger partial charge on any atom is -0.00296 e. The molecule has 3 rings (SSSR count). The molecule has 0 amide bonds. The summed E-state index contributed by atoms with van der Waals surface area (Å²) < 4.78 is 0. The van der Waals surface area contributed by atoms with Crippen molar-refractivity contribution >= 4 is 29.8 Å². The molecule has 0 aliphatic carbocycles. The van der Waals surface area contributed by atoms with Crippen LogP contribution in [0, 0.1) is 20.8 Å². The average molecular weight is 417 g/mol. The molecule has 3 aromatic rings. The van der Waals surface area contributed by atoms with Crippen LogP contribution in [-0.4, -0.2) is 0 Å². The molecule has 0 saturated heterocycles. The Bertz CT molecular complexity index is 902. The van der Waals surface area contributed by atoms with Crippen LogP contribution in [0.15, 0.2) is 105 Å². The molecule has 0 radical (unpaired) electrons. The van der Waals surface area contributed by atoms with Gasteiger partial charge >= 0.3 is 0 Å². The monoisotopic (exact) mass is 416 g/mol. The molecule has 0 atom stereocenters. The van der Waals surface area contributed by atoms with Gasteiger partial charge in [-0.25, -0.2) is 0 Å². The summed E-state index contributed by atoms with van der Waals surface area (Å²) in [7, 11) is 0. The molecule has 0 heterocycles. The first-order valence-corrected chi connectivity index (χ1v) is 10.1. The molecular weight excluding hydrogens is 384 g/mol. The Kier molecular flexibility index (Phi) is 15.1. The Hall–Kier alpha value is -3.09. The second-order valence-corrected chi connectivity index (χ2v) is 6.76. The Morgan fingerprint density at radius 1 is 0.600 bits per heavy atom. The van der Waals surface area contributed by atoms with E-state index in [4.69, 9.17) is 11.6 Å². The third kappa shape index (κ3) is 12.4. The summed E-state index contributed by atoms with van der Waals surface area (Å²) in [6.07, 6.45) is 5.57. The molecule has 1 heteroatoms. The van der Waals surface area contributed by atoms with Gasteiger partial charge in [-0.3, -0.25) is 0 Å². The first kappa shape index (κ1) is 26.9. The number of aryl methyl sites for hydroxylation is 3. The molecule has 0 aliphatic heterocycles. The first-order valence-electron chi connectivity index (χ1n) is 9.69. The smallest absolute Gasteiger partial charge is 0.00296 e. The predicted octanol–water partition coefficient (Wildman–Crippen LogP) is 9.28. The molecule has 0 saturated carbocycles. The summed E-state index contributed by atoms with van der Waals surface area (Å²) in [6.45, 7) is 20.4. The molecule has 0 bridgehead atoms. The van der Waals surface area contributed by atoms with Crippen LogP contribution in [0.2, 0.25) is 0 Å². The molecule has 3 aromatic carbocycles. The van der Waals surface area contributed by atoms with Crippen molar-refractivity contribution in [1.82, 2.24) is 0 Å². The minimum atomic E-state index is 1.18. The maximum absolute atomic E-state index is 4.76. The lowest BCUT2D eigenvalue weighted by Crippen LogP contribution is -1.75. The fourth-order valence-electron chi connectivity index (χ4n) is 2.32. The lowest BCUT2D eigenvalue weighted by atomic mass is 10.1. The van der Waals surface area contributed by atoms with Gasteiger partial charge in [0.25, 0.3) is 0 Å². The van der Waals surface area contributed by atoms with Crippen LogP contribution in [-0.2, 0) is 0 Å². The van der Waals surface area contributed by atoms with Gasteiger partial charge in [0.05, 0.1) is 0 Å². The lowest BCUT2D eigenvalue weighted by molar-refractivity contribution is 1.45. The van der Waals surface area contributed by atoms with E-state index in [2.05, 4.69) is 95.6 Å². The maximum atomic E-state index is 4.76. The number of benzene rings is 3. The van der Waals surface area contributed by atoms with Crippen LogP contribution in [0.1, 0.15) is 33.4 Å². The van der Waals surface area contributed by atoms with Gasteiger partial charge in [0, 0.05) is 0 Å². The van der Waals surface area contributed by atoms with Crippen molar-refractivity contribution in [2.45, 2.75) is 20.8 Å². The standard InChI is InChI=1S/3C9H10.C2H3Cl/c1-3-9-6-4-8(2)5-7-9;1-3-9-6-4-5-8(2)7-9;1-3-9-7-5-4-6-8(9)2;1-2-3/h3*3-7H,1H2,2H3;2H,1H2. The summed E-state index contributed by atoms with van der Waals surface area (Å²) in [6, 6.07) is 24.7. The molecule has 0 N–H and O–H groups in total. The molecule has 0 fully saturated rings. The van der Waals surface area contributed by atoms with Gasteiger partial charge in [0.1, 0.15) is 0 Å². The second-order valence-electron chi connectivity index (χ2n) is 6.45. The van der Waals surface area contributed by atoms with Crippen LogP contribution >= 0.6 is 11.6 Å². The van der Waals surface area contributed by atoms with E-state index in [9.17, 15) is 0 Å². The van der Waals surface area contributed by atoms with Crippen LogP contribution in [0.4, 0.5) is 0 Å². The zero-order valence-corrected chi connectivity index (χ0v) is 19.2. The van der Waals surface area contributed by atoms with Gasteiger partial charge in [0.15, 0.2) is 0 Å². The Labute approximate surface area is 188 Å². The highest BCUT2D eigenvalue weighted by atomic mass is 35.5. The van der Waals surface area contributed by atoms with Crippen LogP contribution in [0.5, 0.6) is 0 Å². The zero-order chi connectivity index (χ0) is 22.8. The van der Waals surface area contributed by atoms with E-state index in [1.165, 1.54) is 38.9 Å². The SMILES string of the molecule is C=CCl.C=Cc1ccc(C)cc1.C=Cc1cccc(C)c1.C=Cc1ccccc1C. The normalized spacial score (nSPS) is 8.53. The molecule has 30 heavy (non-hydrogen) atoms. The number of halogens is 1. The van der Waals surface area contributed by atoms with Crippen LogP contribution in [0.25, 0.3) is 18.2 Å². The van der Waals surface area contributed by atoms with Gasteiger partial charge in [-0.1, -0.05) is 140 Å². The van der Waals surface area contributed by atoms with Crippen LogP contribution in [0.3, 0.4) is 0 Å². The third-order valence-electron chi connectivity index (χ3n) is 4.00. The Morgan fingerprint density at radius 3 is 1.57 bits per heavy atom. The van der Waals surface area contributed by atoms with Gasteiger partial charge in [-0.2, -0.15) is 0 Å². The van der Waals surface area contributed by atoms with E-state index >= 15 is 0 Å². The summed E-state index contributed by atoms with van der Waals surface area (Å²) in [5, 5.41) is 0. The van der Waals surface area contributed by atoms with Crippen molar-refractivity contribution in [3.8, 4) is 0 Å². The van der Waals surface area contributed by atoms with Gasteiger partial charge < -0.3 is 0 Å². The first-order chi connectivity index (χ1) is 14.4. The fraction of sp³-hybridized carbons (Fsp3) is 0.103. The van der Waals surface area contributed by atoms with Crippen molar-refractivity contribution in [3.63, 3.8) is 0 Å². The summed E-state index contributed by atoms with van der Waals surface area (Å²) >= 11 is 4.76. The van der Waals surface area contributed by atoms with E-state index < -0.39 is 0 Å². The summed E-state index contributed by atoms with van der Waals surface area (Å²) in [5.41, 5.74) is 8.67.